The highest BCUT2D eigenvalue weighted by atomic mass is 15.2. The zero-order chi connectivity index (χ0) is 14.7. The lowest BCUT2D eigenvalue weighted by molar-refractivity contribution is 0.524. The molecule has 1 aliphatic heterocycles. The Balaban J connectivity index is 1.60. The Labute approximate surface area is 127 Å². The summed E-state index contributed by atoms with van der Waals surface area (Å²) in [7, 11) is 0. The predicted octanol–water partition coefficient (Wildman–Crippen LogP) is 3.79. The van der Waals surface area contributed by atoms with Gasteiger partial charge in [-0.1, -0.05) is 56.3 Å². The average molecular weight is 280 g/mol. The van der Waals surface area contributed by atoms with Crippen LogP contribution in [0, 0.1) is 0 Å². The van der Waals surface area contributed by atoms with E-state index in [4.69, 9.17) is 0 Å². The molecule has 2 aromatic rings. The molecule has 0 radical (unpaired) electrons. The van der Waals surface area contributed by atoms with Crippen LogP contribution in [-0.2, 0) is 6.54 Å². The maximum absolute atomic E-state index is 3.48. The van der Waals surface area contributed by atoms with Crippen LogP contribution in [0.25, 0.3) is 0 Å². The summed E-state index contributed by atoms with van der Waals surface area (Å²) >= 11 is 0. The lowest BCUT2D eigenvalue weighted by atomic mass is 9.91. The molecule has 0 amide bonds. The summed E-state index contributed by atoms with van der Waals surface area (Å²) in [6.45, 7) is 7.57. The van der Waals surface area contributed by atoms with Gasteiger partial charge in [-0.15, -0.1) is 0 Å². The largest absolute Gasteiger partial charge is 0.370 e. The molecule has 1 fully saturated rings. The fraction of sp³-hybridized carbons (Fsp3) is 0.368. The Hall–Kier alpha value is -1.80. The Morgan fingerprint density at radius 2 is 1.81 bits per heavy atom. The number of hydrogen-bond acceptors (Lipinski definition) is 2. The molecule has 0 unspecified atom stereocenters. The molecule has 0 aromatic heterocycles. The van der Waals surface area contributed by atoms with E-state index in [2.05, 4.69) is 78.7 Å². The van der Waals surface area contributed by atoms with Gasteiger partial charge in [-0.25, -0.2) is 0 Å². The molecule has 21 heavy (non-hydrogen) atoms. The number of nitrogens with zero attached hydrogens (tertiary/aromatic N) is 1. The van der Waals surface area contributed by atoms with E-state index < -0.39 is 0 Å². The summed E-state index contributed by atoms with van der Waals surface area (Å²) < 4.78 is 0. The number of rotatable bonds is 5. The minimum absolute atomic E-state index is 0.528. The van der Waals surface area contributed by atoms with Crippen LogP contribution in [0.3, 0.4) is 0 Å². The first-order valence-corrected chi connectivity index (χ1v) is 7.84. The van der Waals surface area contributed by atoms with Crippen LogP contribution in [0.1, 0.15) is 30.9 Å². The predicted molar refractivity (Wildman–Crippen MR) is 89.8 cm³/mol. The molecule has 0 aliphatic carbocycles. The molecule has 1 N–H and O–H groups in total. The van der Waals surface area contributed by atoms with Crippen molar-refractivity contribution in [3.63, 3.8) is 0 Å². The molecule has 1 aliphatic rings. The fourth-order valence-corrected chi connectivity index (χ4v) is 2.81. The van der Waals surface area contributed by atoms with Gasteiger partial charge in [0.25, 0.3) is 0 Å². The van der Waals surface area contributed by atoms with Crippen molar-refractivity contribution in [2.45, 2.75) is 32.4 Å². The molecule has 2 aromatic carbocycles. The summed E-state index contributed by atoms with van der Waals surface area (Å²) in [6.07, 6.45) is 0. The normalized spacial score (nSPS) is 15.3. The minimum atomic E-state index is 0.528. The molecular formula is C19H24N2. The van der Waals surface area contributed by atoms with E-state index >= 15 is 0 Å². The molecule has 0 atom stereocenters. The molecule has 2 nitrogen and oxygen atoms in total. The van der Waals surface area contributed by atoms with E-state index in [1.165, 1.54) is 16.8 Å². The van der Waals surface area contributed by atoms with Crippen molar-refractivity contribution in [3.8, 4) is 0 Å². The lowest BCUT2D eigenvalue weighted by Crippen LogP contribution is -2.45. The second-order valence-corrected chi connectivity index (χ2v) is 6.22. The van der Waals surface area contributed by atoms with E-state index in [1.807, 2.05) is 0 Å². The van der Waals surface area contributed by atoms with Gasteiger partial charge in [-0.3, -0.25) is 0 Å². The van der Waals surface area contributed by atoms with Gasteiger partial charge in [0.2, 0.25) is 0 Å². The van der Waals surface area contributed by atoms with Crippen LogP contribution in [0.15, 0.2) is 54.6 Å². The molecule has 110 valence electrons. The van der Waals surface area contributed by atoms with Crippen molar-refractivity contribution in [2.75, 3.05) is 18.0 Å². The highest BCUT2D eigenvalue weighted by Crippen LogP contribution is 2.31. The zero-order valence-electron chi connectivity index (χ0n) is 12.9. The van der Waals surface area contributed by atoms with Gasteiger partial charge in [0.15, 0.2) is 0 Å². The summed E-state index contributed by atoms with van der Waals surface area (Å²) in [5.41, 5.74) is 4.18. The minimum Gasteiger partial charge on any atom is -0.370 e. The van der Waals surface area contributed by atoms with Crippen LogP contribution in [0.2, 0.25) is 0 Å². The summed E-state index contributed by atoms with van der Waals surface area (Å²) in [5.74, 6) is 0.684. The van der Waals surface area contributed by atoms with E-state index in [1.54, 1.807) is 0 Å². The van der Waals surface area contributed by atoms with Crippen molar-refractivity contribution in [3.05, 3.63) is 65.7 Å². The van der Waals surface area contributed by atoms with Crippen LogP contribution >= 0.6 is 0 Å². The third kappa shape index (κ3) is 3.45. The van der Waals surface area contributed by atoms with Gasteiger partial charge in [-0.05, 0) is 23.3 Å². The number of hydrogen-bond donors (Lipinski definition) is 1. The summed E-state index contributed by atoms with van der Waals surface area (Å²) in [5, 5.41) is 3.48. The van der Waals surface area contributed by atoms with Gasteiger partial charge >= 0.3 is 0 Å². The molecule has 0 saturated carbocycles. The van der Waals surface area contributed by atoms with Gasteiger partial charge in [0.1, 0.15) is 0 Å². The van der Waals surface area contributed by atoms with Crippen molar-refractivity contribution in [2.24, 2.45) is 0 Å². The third-order valence-corrected chi connectivity index (χ3v) is 4.14. The first kappa shape index (κ1) is 14.2. The first-order chi connectivity index (χ1) is 10.2. The number of nitrogens with one attached hydrogen (secondary N) is 1. The van der Waals surface area contributed by atoms with Gasteiger partial charge < -0.3 is 10.2 Å². The number of benzene rings is 2. The second-order valence-electron chi connectivity index (χ2n) is 6.22. The Morgan fingerprint density at radius 1 is 1.05 bits per heavy atom. The van der Waals surface area contributed by atoms with Gasteiger partial charge in [0.05, 0.1) is 0 Å². The lowest BCUT2D eigenvalue weighted by Gasteiger charge is -2.41. The van der Waals surface area contributed by atoms with Crippen LogP contribution in [0.4, 0.5) is 5.69 Å². The van der Waals surface area contributed by atoms with Crippen molar-refractivity contribution >= 4 is 5.69 Å². The summed E-state index contributed by atoms with van der Waals surface area (Å²) in [4.78, 5) is 2.47. The SMILES string of the molecule is CC(C)NCc1cccc(N2CC(c3ccccc3)C2)c1. The monoisotopic (exact) mass is 280 g/mol. The van der Waals surface area contributed by atoms with Crippen molar-refractivity contribution < 1.29 is 0 Å². The smallest absolute Gasteiger partial charge is 0.0369 e. The second kappa shape index (κ2) is 6.31. The molecule has 3 rings (SSSR count). The molecular weight excluding hydrogens is 256 g/mol. The summed E-state index contributed by atoms with van der Waals surface area (Å²) in [6, 6.07) is 20.3. The van der Waals surface area contributed by atoms with Crippen LogP contribution in [0.5, 0.6) is 0 Å². The van der Waals surface area contributed by atoms with Crippen LogP contribution < -0.4 is 10.2 Å². The van der Waals surface area contributed by atoms with E-state index in [-0.39, 0.29) is 0 Å². The molecule has 2 heteroatoms. The molecule has 1 heterocycles. The highest BCUT2D eigenvalue weighted by Gasteiger charge is 2.27. The topological polar surface area (TPSA) is 15.3 Å². The number of anilines is 1. The maximum atomic E-state index is 3.48. The zero-order valence-corrected chi connectivity index (χ0v) is 12.9. The average Bonchev–Trinajstić information content (AvgIpc) is 2.45. The molecule has 1 saturated heterocycles. The van der Waals surface area contributed by atoms with E-state index in [0.717, 1.165) is 19.6 Å². The first-order valence-electron chi connectivity index (χ1n) is 7.84. The van der Waals surface area contributed by atoms with Gasteiger partial charge in [0, 0.05) is 37.3 Å². The van der Waals surface area contributed by atoms with E-state index in [9.17, 15) is 0 Å². The van der Waals surface area contributed by atoms with Gasteiger partial charge in [-0.2, -0.15) is 0 Å². The Morgan fingerprint density at radius 3 is 2.52 bits per heavy atom. The third-order valence-electron chi connectivity index (χ3n) is 4.14. The quantitative estimate of drug-likeness (QED) is 0.896. The Bertz CT molecular complexity index is 571. The van der Waals surface area contributed by atoms with Crippen LogP contribution in [-0.4, -0.2) is 19.1 Å². The molecule has 0 spiro atoms. The van der Waals surface area contributed by atoms with Crippen molar-refractivity contribution in [1.29, 1.82) is 0 Å². The fourth-order valence-electron chi connectivity index (χ4n) is 2.81. The maximum Gasteiger partial charge on any atom is 0.0369 e. The molecule has 0 bridgehead atoms. The highest BCUT2D eigenvalue weighted by molar-refractivity contribution is 5.52. The van der Waals surface area contributed by atoms with Crippen molar-refractivity contribution in [1.82, 2.24) is 5.32 Å². The van der Waals surface area contributed by atoms with E-state index in [0.29, 0.717) is 12.0 Å². The standard InChI is InChI=1S/C19H24N2/c1-15(2)20-12-16-7-6-10-19(11-16)21-13-18(14-21)17-8-4-3-5-9-17/h3-11,15,18,20H,12-14H2,1-2H3. The Kier molecular flexibility index (Phi) is 4.26.